The van der Waals surface area contributed by atoms with E-state index in [4.69, 9.17) is 23.2 Å². The molecule has 8 heteroatoms. The van der Waals surface area contributed by atoms with E-state index in [1.807, 2.05) is 0 Å². The van der Waals surface area contributed by atoms with Gasteiger partial charge in [0.15, 0.2) is 0 Å². The molecule has 0 unspecified atom stereocenters. The number of hydrogen-bond donors (Lipinski definition) is 1. The molecule has 1 fully saturated rings. The number of amides is 1. The van der Waals surface area contributed by atoms with E-state index in [2.05, 4.69) is 10.3 Å². The molecule has 1 aliphatic carbocycles. The Kier molecular flexibility index (Phi) is 4.99. The van der Waals surface area contributed by atoms with Crippen LogP contribution in [0.1, 0.15) is 36.0 Å². The Bertz CT molecular complexity index is 529. The van der Waals surface area contributed by atoms with Gasteiger partial charge in [-0.3, -0.25) is 4.79 Å². The first kappa shape index (κ1) is 16.4. The summed E-state index contributed by atoms with van der Waals surface area (Å²) in [6, 6.07) is 2.60. The van der Waals surface area contributed by atoms with Crippen LogP contribution < -0.4 is 5.32 Å². The molecule has 0 aromatic carbocycles. The summed E-state index contributed by atoms with van der Waals surface area (Å²) in [6.45, 7) is 0. The lowest BCUT2D eigenvalue weighted by Crippen LogP contribution is -2.40. The van der Waals surface area contributed by atoms with E-state index in [-0.39, 0.29) is 34.8 Å². The number of halogens is 5. The topological polar surface area (TPSA) is 42.0 Å². The third kappa shape index (κ3) is 4.23. The SMILES string of the molecule is O=C(NC1CCC(C(F)(F)F)CC1)c1ccc(Cl)nc1Cl. The predicted molar refractivity (Wildman–Crippen MR) is 73.5 cm³/mol. The van der Waals surface area contributed by atoms with Crippen LogP contribution in [-0.2, 0) is 0 Å². The summed E-state index contributed by atoms with van der Waals surface area (Å²) in [5.41, 5.74) is 0.166. The normalized spacial score (nSPS) is 22.9. The highest BCUT2D eigenvalue weighted by molar-refractivity contribution is 6.34. The summed E-state index contributed by atoms with van der Waals surface area (Å²) in [5.74, 6) is -1.72. The molecule has 0 spiro atoms. The largest absolute Gasteiger partial charge is 0.391 e. The van der Waals surface area contributed by atoms with E-state index in [0.717, 1.165) is 0 Å². The Morgan fingerprint density at radius 2 is 1.81 bits per heavy atom. The van der Waals surface area contributed by atoms with Gasteiger partial charge in [0.2, 0.25) is 0 Å². The Labute approximate surface area is 129 Å². The Morgan fingerprint density at radius 1 is 1.19 bits per heavy atom. The number of nitrogens with one attached hydrogen (secondary N) is 1. The van der Waals surface area contributed by atoms with E-state index in [1.54, 1.807) is 0 Å². The second-order valence-electron chi connectivity index (χ2n) is 5.04. The molecule has 0 aliphatic heterocycles. The lowest BCUT2D eigenvalue weighted by Gasteiger charge is -2.30. The summed E-state index contributed by atoms with van der Waals surface area (Å²) in [4.78, 5) is 15.8. The third-order valence-electron chi connectivity index (χ3n) is 3.58. The van der Waals surface area contributed by atoms with Crippen molar-refractivity contribution in [1.29, 1.82) is 0 Å². The van der Waals surface area contributed by atoms with Crippen LogP contribution in [0.4, 0.5) is 13.2 Å². The van der Waals surface area contributed by atoms with E-state index >= 15 is 0 Å². The summed E-state index contributed by atoms with van der Waals surface area (Å²) >= 11 is 11.5. The molecule has 3 nitrogen and oxygen atoms in total. The zero-order valence-corrected chi connectivity index (χ0v) is 12.4. The van der Waals surface area contributed by atoms with Gasteiger partial charge in [0, 0.05) is 6.04 Å². The number of aromatic nitrogens is 1. The van der Waals surface area contributed by atoms with Crippen molar-refractivity contribution in [3.05, 3.63) is 28.0 Å². The molecular weight excluding hydrogens is 328 g/mol. The van der Waals surface area contributed by atoms with Gasteiger partial charge in [-0.05, 0) is 37.8 Å². The van der Waals surface area contributed by atoms with Crippen LogP contribution in [0.25, 0.3) is 0 Å². The highest BCUT2D eigenvalue weighted by Gasteiger charge is 2.41. The van der Waals surface area contributed by atoms with Crippen molar-refractivity contribution in [3.8, 4) is 0 Å². The number of carbonyl (C=O) groups excluding carboxylic acids is 1. The lowest BCUT2D eigenvalue weighted by molar-refractivity contribution is -0.182. The van der Waals surface area contributed by atoms with Crippen molar-refractivity contribution in [3.63, 3.8) is 0 Å². The average molecular weight is 341 g/mol. The standard InChI is InChI=1S/C13H13Cl2F3N2O/c14-10-6-5-9(11(15)20-10)12(21)19-8-3-1-7(2-4-8)13(16,17)18/h5-8H,1-4H2,(H,19,21). The number of carbonyl (C=O) groups is 1. The first-order valence-electron chi connectivity index (χ1n) is 6.47. The van der Waals surface area contributed by atoms with Gasteiger partial charge in [-0.15, -0.1) is 0 Å². The molecule has 1 aliphatic rings. The van der Waals surface area contributed by atoms with Crippen LogP contribution in [-0.4, -0.2) is 23.1 Å². The fourth-order valence-electron chi connectivity index (χ4n) is 2.41. The molecule has 1 saturated carbocycles. The first-order valence-corrected chi connectivity index (χ1v) is 7.22. The maximum absolute atomic E-state index is 12.6. The van der Waals surface area contributed by atoms with Gasteiger partial charge in [0.1, 0.15) is 10.3 Å². The van der Waals surface area contributed by atoms with Crippen LogP contribution in [0.3, 0.4) is 0 Å². The zero-order chi connectivity index (χ0) is 15.6. The van der Waals surface area contributed by atoms with Gasteiger partial charge in [0.25, 0.3) is 5.91 Å². The Hall–Kier alpha value is -1.01. The highest BCUT2D eigenvalue weighted by Crippen LogP contribution is 2.37. The molecule has 0 saturated heterocycles. The molecule has 1 aromatic heterocycles. The lowest BCUT2D eigenvalue weighted by atomic mass is 9.85. The number of rotatable bonds is 2. The van der Waals surface area contributed by atoms with Crippen LogP contribution >= 0.6 is 23.2 Å². The minimum Gasteiger partial charge on any atom is -0.349 e. The molecule has 1 amide bonds. The maximum Gasteiger partial charge on any atom is 0.391 e. The summed E-state index contributed by atoms with van der Waals surface area (Å²) in [7, 11) is 0. The first-order chi connectivity index (χ1) is 9.77. The molecule has 1 heterocycles. The minimum absolute atomic E-state index is 0.0241. The van der Waals surface area contributed by atoms with Gasteiger partial charge in [-0.2, -0.15) is 13.2 Å². The van der Waals surface area contributed by atoms with Crippen LogP contribution in [0, 0.1) is 5.92 Å². The molecule has 116 valence electrons. The van der Waals surface area contributed by atoms with Crippen LogP contribution in [0.15, 0.2) is 12.1 Å². The Morgan fingerprint density at radius 3 is 2.33 bits per heavy atom. The van der Waals surface area contributed by atoms with Gasteiger partial charge >= 0.3 is 6.18 Å². The van der Waals surface area contributed by atoms with Crippen LogP contribution in [0.2, 0.25) is 10.3 Å². The van der Waals surface area contributed by atoms with E-state index in [1.165, 1.54) is 12.1 Å². The molecule has 0 atom stereocenters. The minimum atomic E-state index is -4.15. The maximum atomic E-state index is 12.6. The summed E-state index contributed by atoms with van der Waals surface area (Å²) in [5, 5.41) is 2.84. The molecule has 1 aromatic rings. The second-order valence-corrected chi connectivity index (χ2v) is 5.78. The Balaban J connectivity index is 1.93. The number of hydrogen-bond acceptors (Lipinski definition) is 2. The summed E-state index contributed by atoms with van der Waals surface area (Å²) in [6.07, 6.45) is -3.50. The zero-order valence-electron chi connectivity index (χ0n) is 10.9. The monoisotopic (exact) mass is 340 g/mol. The molecule has 21 heavy (non-hydrogen) atoms. The average Bonchev–Trinajstić information content (AvgIpc) is 2.38. The van der Waals surface area contributed by atoms with Crippen molar-refractivity contribution >= 4 is 29.1 Å². The van der Waals surface area contributed by atoms with E-state index in [0.29, 0.717) is 12.8 Å². The van der Waals surface area contributed by atoms with E-state index in [9.17, 15) is 18.0 Å². The third-order valence-corrected chi connectivity index (χ3v) is 4.08. The fourth-order valence-corrected chi connectivity index (χ4v) is 2.84. The van der Waals surface area contributed by atoms with Crippen molar-refractivity contribution in [2.75, 3.05) is 0 Å². The highest BCUT2D eigenvalue weighted by atomic mass is 35.5. The van der Waals surface area contributed by atoms with Crippen molar-refractivity contribution in [2.45, 2.75) is 37.9 Å². The number of alkyl halides is 3. The summed E-state index contributed by atoms with van der Waals surface area (Å²) < 4.78 is 37.7. The van der Waals surface area contributed by atoms with Gasteiger partial charge in [-0.1, -0.05) is 23.2 Å². The molecular formula is C13H13Cl2F3N2O. The van der Waals surface area contributed by atoms with E-state index < -0.39 is 18.0 Å². The quantitative estimate of drug-likeness (QED) is 0.818. The van der Waals surface area contributed by atoms with Gasteiger partial charge in [0.05, 0.1) is 11.5 Å². The van der Waals surface area contributed by atoms with Crippen LogP contribution in [0.5, 0.6) is 0 Å². The van der Waals surface area contributed by atoms with Crippen molar-refractivity contribution < 1.29 is 18.0 Å². The van der Waals surface area contributed by atoms with Crippen molar-refractivity contribution in [2.24, 2.45) is 5.92 Å². The molecule has 0 bridgehead atoms. The number of pyridine rings is 1. The van der Waals surface area contributed by atoms with Gasteiger partial charge < -0.3 is 5.32 Å². The smallest absolute Gasteiger partial charge is 0.349 e. The van der Waals surface area contributed by atoms with Crippen molar-refractivity contribution in [1.82, 2.24) is 10.3 Å². The molecule has 0 radical (unpaired) electrons. The fraction of sp³-hybridized carbons (Fsp3) is 0.538. The second kappa shape index (κ2) is 6.40. The number of nitrogens with zero attached hydrogens (tertiary/aromatic N) is 1. The molecule has 1 N–H and O–H groups in total. The van der Waals surface area contributed by atoms with Gasteiger partial charge in [-0.25, -0.2) is 4.98 Å². The predicted octanol–water partition coefficient (Wildman–Crippen LogP) is 4.24. The molecule has 2 rings (SSSR count).